The molecule has 4 rings (SSSR count). The van der Waals surface area contributed by atoms with E-state index in [2.05, 4.69) is 5.10 Å². The molecule has 1 aromatic heterocycles. The number of nitrogens with zero attached hydrogens (tertiary/aromatic N) is 3. The Kier molecular flexibility index (Phi) is 4.92. The summed E-state index contributed by atoms with van der Waals surface area (Å²) in [7, 11) is 0. The van der Waals surface area contributed by atoms with Crippen LogP contribution in [-0.2, 0) is 24.3 Å². The average molecular weight is 389 g/mol. The summed E-state index contributed by atoms with van der Waals surface area (Å²) in [6.07, 6.45) is 0.322. The number of aromatic nitrogens is 2. The maximum atomic E-state index is 13.2. The number of carbonyl (C=O) groups is 2. The number of carboxylic acids is 1. The first-order valence-corrected chi connectivity index (χ1v) is 9.63. The van der Waals surface area contributed by atoms with E-state index in [1.807, 2.05) is 67.1 Å². The third-order valence-corrected chi connectivity index (χ3v) is 5.40. The van der Waals surface area contributed by atoms with E-state index in [0.29, 0.717) is 25.1 Å². The second kappa shape index (κ2) is 7.54. The van der Waals surface area contributed by atoms with E-state index in [1.54, 1.807) is 6.07 Å². The Hall–Kier alpha value is -3.41. The van der Waals surface area contributed by atoms with Gasteiger partial charge in [0.05, 0.1) is 12.2 Å². The molecule has 1 aliphatic heterocycles. The van der Waals surface area contributed by atoms with Crippen molar-refractivity contribution in [2.75, 3.05) is 0 Å². The highest BCUT2D eigenvalue weighted by atomic mass is 16.4. The molecule has 2 aromatic carbocycles. The van der Waals surface area contributed by atoms with Crippen LogP contribution in [0.1, 0.15) is 38.4 Å². The van der Waals surface area contributed by atoms with E-state index in [-0.39, 0.29) is 5.91 Å². The quantitative estimate of drug-likeness (QED) is 0.744. The SMILES string of the molecule is Cc1cc(C)n(Cc2cccc(C(=O)N3Cc4ccccc4CC3C(=O)O)c2)n1. The Labute approximate surface area is 169 Å². The fourth-order valence-electron chi connectivity index (χ4n) is 3.93. The lowest BCUT2D eigenvalue weighted by Crippen LogP contribution is -2.48. The molecule has 6 heteroatoms. The molecule has 1 aliphatic rings. The predicted molar refractivity (Wildman–Crippen MR) is 109 cm³/mol. The van der Waals surface area contributed by atoms with E-state index >= 15 is 0 Å². The highest BCUT2D eigenvalue weighted by molar-refractivity contribution is 5.97. The van der Waals surface area contributed by atoms with Gasteiger partial charge in [0.15, 0.2) is 0 Å². The van der Waals surface area contributed by atoms with E-state index in [4.69, 9.17) is 0 Å². The largest absolute Gasteiger partial charge is 0.480 e. The zero-order valence-electron chi connectivity index (χ0n) is 16.5. The van der Waals surface area contributed by atoms with Gasteiger partial charge in [-0.15, -0.1) is 0 Å². The van der Waals surface area contributed by atoms with E-state index in [0.717, 1.165) is 28.1 Å². The zero-order chi connectivity index (χ0) is 20.5. The summed E-state index contributed by atoms with van der Waals surface area (Å²) in [6, 6.07) is 16.2. The summed E-state index contributed by atoms with van der Waals surface area (Å²) >= 11 is 0. The summed E-state index contributed by atoms with van der Waals surface area (Å²) < 4.78 is 1.90. The number of rotatable bonds is 4. The van der Waals surface area contributed by atoms with Crippen molar-refractivity contribution in [3.05, 3.63) is 88.2 Å². The van der Waals surface area contributed by atoms with Gasteiger partial charge in [-0.25, -0.2) is 4.79 Å². The van der Waals surface area contributed by atoms with Gasteiger partial charge in [0.2, 0.25) is 0 Å². The predicted octanol–water partition coefficient (Wildman–Crippen LogP) is 3.20. The maximum absolute atomic E-state index is 13.2. The second-order valence-electron chi connectivity index (χ2n) is 7.55. The Morgan fingerprint density at radius 3 is 2.52 bits per heavy atom. The monoisotopic (exact) mass is 389 g/mol. The molecule has 2 heterocycles. The van der Waals surface area contributed by atoms with Crippen molar-refractivity contribution < 1.29 is 14.7 Å². The minimum Gasteiger partial charge on any atom is -0.480 e. The van der Waals surface area contributed by atoms with E-state index in [1.165, 1.54) is 4.90 Å². The molecule has 0 saturated carbocycles. The summed E-state index contributed by atoms with van der Waals surface area (Å²) in [5.41, 5.74) is 5.43. The third kappa shape index (κ3) is 3.78. The first-order chi connectivity index (χ1) is 13.9. The smallest absolute Gasteiger partial charge is 0.326 e. The molecular formula is C23H23N3O3. The van der Waals surface area contributed by atoms with Crippen molar-refractivity contribution in [3.8, 4) is 0 Å². The number of amides is 1. The van der Waals surface area contributed by atoms with Crippen molar-refractivity contribution in [2.24, 2.45) is 0 Å². The fraction of sp³-hybridized carbons (Fsp3) is 0.261. The lowest BCUT2D eigenvalue weighted by molar-refractivity contribution is -0.142. The normalized spacial score (nSPS) is 15.8. The number of hydrogen-bond acceptors (Lipinski definition) is 3. The number of fused-ring (bicyclic) bond motifs is 1. The summed E-state index contributed by atoms with van der Waals surface area (Å²) in [4.78, 5) is 26.6. The maximum Gasteiger partial charge on any atom is 0.326 e. The minimum atomic E-state index is -0.980. The number of aryl methyl sites for hydroxylation is 2. The molecule has 0 fully saturated rings. The molecule has 0 spiro atoms. The van der Waals surface area contributed by atoms with Crippen LogP contribution in [-0.4, -0.2) is 37.7 Å². The van der Waals surface area contributed by atoms with Crippen LogP contribution in [0.2, 0.25) is 0 Å². The molecule has 0 radical (unpaired) electrons. The molecule has 1 atom stereocenters. The van der Waals surface area contributed by atoms with Crippen molar-refractivity contribution in [3.63, 3.8) is 0 Å². The van der Waals surface area contributed by atoms with Gasteiger partial charge in [0, 0.05) is 24.2 Å². The van der Waals surface area contributed by atoms with Crippen LogP contribution < -0.4 is 0 Å². The average Bonchev–Trinajstić information content (AvgIpc) is 3.03. The van der Waals surface area contributed by atoms with Gasteiger partial charge >= 0.3 is 5.97 Å². The Bertz CT molecular complexity index is 1090. The molecule has 1 N–H and O–H groups in total. The first kappa shape index (κ1) is 18.9. The van der Waals surface area contributed by atoms with Crippen molar-refractivity contribution in [1.82, 2.24) is 14.7 Å². The fourth-order valence-corrected chi connectivity index (χ4v) is 3.93. The van der Waals surface area contributed by atoms with Gasteiger partial charge in [-0.05, 0) is 48.7 Å². The number of benzene rings is 2. The molecule has 6 nitrogen and oxygen atoms in total. The van der Waals surface area contributed by atoms with Gasteiger partial charge in [0.25, 0.3) is 5.91 Å². The van der Waals surface area contributed by atoms with Crippen molar-refractivity contribution in [2.45, 2.75) is 39.4 Å². The lowest BCUT2D eigenvalue weighted by Gasteiger charge is -2.34. The van der Waals surface area contributed by atoms with E-state index < -0.39 is 12.0 Å². The van der Waals surface area contributed by atoms with Crippen LogP contribution in [0.5, 0.6) is 0 Å². The van der Waals surface area contributed by atoms with Gasteiger partial charge < -0.3 is 10.0 Å². The van der Waals surface area contributed by atoms with Crippen molar-refractivity contribution >= 4 is 11.9 Å². The number of carbonyl (C=O) groups excluding carboxylic acids is 1. The molecular weight excluding hydrogens is 366 g/mol. The highest BCUT2D eigenvalue weighted by Gasteiger charge is 2.34. The molecule has 0 bridgehead atoms. The van der Waals surface area contributed by atoms with Crippen LogP contribution in [0.4, 0.5) is 0 Å². The minimum absolute atomic E-state index is 0.262. The second-order valence-corrected chi connectivity index (χ2v) is 7.55. The first-order valence-electron chi connectivity index (χ1n) is 9.63. The molecule has 0 aliphatic carbocycles. The molecule has 148 valence electrons. The van der Waals surface area contributed by atoms with Crippen molar-refractivity contribution in [1.29, 1.82) is 0 Å². The van der Waals surface area contributed by atoms with Gasteiger partial charge in [-0.3, -0.25) is 9.48 Å². The van der Waals surface area contributed by atoms with Crippen LogP contribution in [0.15, 0.2) is 54.6 Å². The zero-order valence-corrected chi connectivity index (χ0v) is 16.5. The standard InChI is InChI=1S/C23H23N3O3/c1-15-10-16(2)26(24-15)13-17-6-5-9-19(11-17)22(27)25-14-20-8-4-3-7-18(20)12-21(25)23(28)29/h3-11,21H,12-14H2,1-2H3,(H,28,29). The topological polar surface area (TPSA) is 75.4 Å². The van der Waals surface area contributed by atoms with Crippen LogP contribution >= 0.6 is 0 Å². The molecule has 1 amide bonds. The number of hydrogen-bond donors (Lipinski definition) is 1. The van der Waals surface area contributed by atoms with E-state index in [9.17, 15) is 14.7 Å². The highest BCUT2D eigenvalue weighted by Crippen LogP contribution is 2.25. The number of carboxylic acid groups (broad SMARTS) is 1. The Balaban J connectivity index is 1.61. The van der Waals surface area contributed by atoms with Crippen LogP contribution in [0.25, 0.3) is 0 Å². The Morgan fingerprint density at radius 2 is 1.83 bits per heavy atom. The summed E-state index contributed by atoms with van der Waals surface area (Å²) in [5, 5.41) is 14.2. The van der Waals surface area contributed by atoms with Gasteiger partial charge in [0.1, 0.15) is 6.04 Å². The summed E-state index contributed by atoms with van der Waals surface area (Å²) in [5.74, 6) is -1.24. The lowest BCUT2D eigenvalue weighted by atomic mass is 9.93. The van der Waals surface area contributed by atoms with Gasteiger partial charge in [-0.1, -0.05) is 36.4 Å². The third-order valence-electron chi connectivity index (χ3n) is 5.40. The molecule has 0 saturated heterocycles. The molecule has 3 aromatic rings. The number of aliphatic carboxylic acids is 1. The van der Waals surface area contributed by atoms with Crippen LogP contribution in [0, 0.1) is 13.8 Å². The van der Waals surface area contributed by atoms with Crippen LogP contribution in [0.3, 0.4) is 0 Å². The Morgan fingerprint density at radius 1 is 1.07 bits per heavy atom. The summed E-state index contributed by atoms with van der Waals surface area (Å²) in [6.45, 7) is 4.81. The van der Waals surface area contributed by atoms with Gasteiger partial charge in [-0.2, -0.15) is 5.10 Å². The molecule has 1 unspecified atom stereocenters. The molecule has 29 heavy (non-hydrogen) atoms.